The van der Waals surface area contributed by atoms with Crippen LogP contribution in [-0.4, -0.2) is 16.9 Å². The van der Waals surface area contributed by atoms with Gasteiger partial charge in [-0.15, -0.1) is 0 Å². The number of nitrogens with one attached hydrogen (secondary N) is 2. The number of hydrogen-bond acceptors (Lipinski definition) is 4. The summed E-state index contributed by atoms with van der Waals surface area (Å²) in [7, 11) is 0. The molecule has 1 amide bonds. The molecule has 5 nitrogen and oxygen atoms in total. The van der Waals surface area contributed by atoms with Gasteiger partial charge in [-0.2, -0.15) is 0 Å². The third kappa shape index (κ3) is 5.14. The van der Waals surface area contributed by atoms with Crippen molar-refractivity contribution in [3.8, 4) is 0 Å². The first kappa shape index (κ1) is 21.1. The average Bonchev–Trinajstić information content (AvgIpc) is 3.25. The first-order chi connectivity index (χ1) is 15.0. The monoisotopic (exact) mass is 477 g/mol. The Bertz CT molecular complexity index is 1200. The maximum absolute atomic E-state index is 12.9. The van der Waals surface area contributed by atoms with Gasteiger partial charge < -0.3 is 15.1 Å². The number of amides is 1. The van der Waals surface area contributed by atoms with Crippen LogP contribution in [-0.2, 0) is 6.42 Å². The third-order valence-electron chi connectivity index (χ3n) is 5.19. The van der Waals surface area contributed by atoms with Crippen LogP contribution in [0.15, 0.2) is 75.8 Å². The van der Waals surface area contributed by atoms with E-state index in [-0.39, 0.29) is 11.9 Å². The number of fused-ring (bicyclic) bond motifs is 1. The fourth-order valence-electron chi connectivity index (χ4n) is 3.43. The smallest absolute Gasteiger partial charge is 0.270 e. The molecule has 0 unspecified atom stereocenters. The number of nitrogens with zero attached hydrogens (tertiary/aromatic N) is 1. The van der Waals surface area contributed by atoms with Gasteiger partial charge in [0.25, 0.3) is 5.91 Å². The largest absolute Gasteiger partial charge is 0.464 e. The Morgan fingerprint density at radius 2 is 1.94 bits per heavy atom. The number of carbonyl (C=O) groups excluding carboxylic acids is 1. The second kappa shape index (κ2) is 9.35. The summed E-state index contributed by atoms with van der Waals surface area (Å²) in [6.45, 7) is 4.03. The zero-order chi connectivity index (χ0) is 21.8. The van der Waals surface area contributed by atoms with Crippen LogP contribution in [0.5, 0.6) is 0 Å². The number of benzene rings is 2. The van der Waals surface area contributed by atoms with E-state index in [1.165, 1.54) is 5.56 Å². The van der Waals surface area contributed by atoms with Crippen LogP contribution >= 0.6 is 15.9 Å². The van der Waals surface area contributed by atoms with E-state index in [1.54, 1.807) is 12.3 Å². The van der Waals surface area contributed by atoms with Crippen LogP contribution in [0.4, 0.5) is 11.5 Å². The van der Waals surface area contributed by atoms with E-state index in [1.807, 2.05) is 56.3 Å². The Balaban J connectivity index is 1.50. The molecule has 6 heteroatoms. The molecule has 4 aromatic rings. The van der Waals surface area contributed by atoms with Gasteiger partial charge in [0.05, 0.1) is 11.6 Å². The normalized spacial score (nSPS) is 12.0. The van der Waals surface area contributed by atoms with Crippen LogP contribution in [0.3, 0.4) is 0 Å². The van der Waals surface area contributed by atoms with Gasteiger partial charge in [-0.3, -0.25) is 4.79 Å². The highest BCUT2D eigenvalue weighted by Gasteiger charge is 2.16. The molecule has 1 atom stereocenters. The summed E-state index contributed by atoms with van der Waals surface area (Å²) in [6.07, 6.45) is 3.36. The van der Waals surface area contributed by atoms with E-state index >= 15 is 0 Å². The fraction of sp³-hybridized carbons (Fsp3) is 0.200. The van der Waals surface area contributed by atoms with Gasteiger partial charge in [0, 0.05) is 22.3 Å². The van der Waals surface area contributed by atoms with Gasteiger partial charge >= 0.3 is 0 Å². The molecule has 158 valence electrons. The molecule has 0 aliphatic rings. The van der Waals surface area contributed by atoms with Gasteiger partial charge in [-0.25, -0.2) is 4.98 Å². The van der Waals surface area contributed by atoms with Crippen molar-refractivity contribution in [1.29, 1.82) is 0 Å². The van der Waals surface area contributed by atoms with Crippen LogP contribution in [0.25, 0.3) is 11.0 Å². The lowest BCUT2D eigenvalue weighted by Gasteiger charge is -2.15. The van der Waals surface area contributed by atoms with E-state index in [2.05, 4.69) is 43.7 Å². The van der Waals surface area contributed by atoms with E-state index in [0.29, 0.717) is 17.1 Å². The van der Waals surface area contributed by atoms with E-state index in [0.717, 1.165) is 34.0 Å². The molecule has 0 bridgehead atoms. The van der Waals surface area contributed by atoms with Crippen LogP contribution in [0, 0.1) is 6.92 Å². The topological polar surface area (TPSA) is 67.2 Å². The van der Waals surface area contributed by atoms with Gasteiger partial charge in [0.15, 0.2) is 0 Å². The van der Waals surface area contributed by atoms with Crippen molar-refractivity contribution in [2.45, 2.75) is 32.7 Å². The molecule has 0 aliphatic carbocycles. The number of halogens is 1. The number of rotatable bonds is 7. The molecular formula is C25H24BrN3O2. The molecule has 0 radical (unpaired) electrons. The standard InChI is InChI=1S/C25H24BrN3O2/c1-16-14-19(10-11-21(16)26)28-24-20-12-13-31-23(20)15-22(29-24)25(30)27-17(2)8-9-18-6-4-3-5-7-18/h3-7,10-15,17H,8-9H2,1-2H3,(H,27,30)(H,28,29)/t17-/m1/s1. The van der Waals surface area contributed by atoms with Crippen molar-refractivity contribution < 1.29 is 9.21 Å². The second-order valence-electron chi connectivity index (χ2n) is 7.68. The molecule has 4 rings (SSSR count). The molecule has 0 spiro atoms. The highest BCUT2D eigenvalue weighted by molar-refractivity contribution is 9.10. The predicted molar refractivity (Wildman–Crippen MR) is 128 cm³/mol. The summed E-state index contributed by atoms with van der Waals surface area (Å²) in [5, 5.41) is 7.21. The maximum atomic E-state index is 12.9. The Morgan fingerprint density at radius 3 is 2.71 bits per heavy atom. The summed E-state index contributed by atoms with van der Waals surface area (Å²) < 4.78 is 6.61. The highest BCUT2D eigenvalue weighted by Crippen LogP contribution is 2.28. The van der Waals surface area contributed by atoms with Crippen molar-refractivity contribution in [3.05, 3.63) is 88.2 Å². The van der Waals surface area contributed by atoms with Crippen molar-refractivity contribution >= 4 is 44.3 Å². The predicted octanol–water partition coefficient (Wildman–Crippen LogP) is 6.39. The minimum Gasteiger partial charge on any atom is -0.464 e. The SMILES string of the molecule is Cc1cc(Nc2nc(C(=O)N[C@H](C)CCc3ccccc3)cc3occc23)ccc1Br. The molecule has 0 saturated carbocycles. The number of pyridine rings is 1. The first-order valence-electron chi connectivity index (χ1n) is 10.3. The summed E-state index contributed by atoms with van der Waals surface area (Å²) in [5.74, 6) is 0.379. The minimum absolute atomic E-state index is 0.0207. The molecule has 2 N–H and O–H groups in total. The van der Waals surface area contributed by atoms with Gasteiger partial charge in [0.2, 0.25) is 0 Å². The van der Waals surface area contributed by atoms with Crippen LogP contribution in [0.1, 0.15) is 35.0 Å². The number of anilines is 2. The number of hydrogen-bond donors (Lipinski definition) is 2. The number of aromatic nitrogens is 1. The van der Waals surface area contributed by atoms with E-state index < -0.39 is 0 Å². The summed E-state index contributed by atoms with van der Waals surface area (Å²) in [5.41, 5.74) is 4.20. The Hall–Kier alpha value is -3.12. The van der Waals surface area contributed by atoms with Gasteiger partial charge in [0.1, 0.15) is 17.1 Å². The second-order valence-corrected chi connectivity index (χ2v) is 8.53. The molecule has 0 fully saturated rings. The zero-order valence-electron chi connectivity index (χ0n) is 17.5. The highest BCUT2D eigenvalue weighted by atomic mass is 79.9. The third-order valence-corrected chi connectivity index (χ3v) is 6.08. The molecule has 2 aromatic carbocycles. The molecule has 2 aromatic heterocycles. The number of carbonyl (C=O) groups is 1. The zero-order valence-corrected chi connectivity index (χ0v) is 19.1. The molecule has 2 heterocycles. The molecular weight excluding hydrogens is 454 g/mol. The first-order valence-corrected chi connectivity index (χ1v) is 11.0. The van der Waals surface area contributed by atoms with Gasteiger partial charge in [-0.05, 0) is 62.1 Å². The fourth-order valence-corrected chi connectivity index (χ4v) is 3.68. The molecule has 31 heavy (non-hydrogen) atoms. The number of furan rings is 1. The lowest BCUT2D eigenvalue weighted by Crippen LogP contribution is -2.33. The summed E-state index contributed by atoms with van der Waals surface area (Å²) >= 11 is 3.52. The van der Waals surface area contributed by atoms with Crippen molar-refractivity contribution in [1.82, 2.24) is 10.3 Å². The van der Waals surface area contributed by atoms with Crippen molar-refractivity contribution in [2.24, 2.45) is 0 Å². The van der Waals surface area contributed by atoms with E-state index in [9.17, 15) is 4.79 Å². The van der Waals surface area contributed by atoms with Crippen molar-refractivity contribution in [3.63, 3.8) is 0 Å². The van der Waals surface area contributed by atoms with Gasteiger partial charge in [-0.1, -0.05) is 46.3 Å². The van der Waals surface area contributed by atoms with E-state index in [4.69, 9.17) is 4.42 Å². The Labute approximate surface area is 190 Å². The molecule has 0 saturated heterocycles. The van der Waals surface area contributed by atoms with Crippen molar-refractivity contribution in [2.75, 3.05) is 5.32 Å². The number of aryl methyl sites for hydroxylation is 2. The summed E-state index contributed by atoms with van der Waals surface area (Å²) in [4.78, 5) is 17.5. The summed E-state index contributed by atoms with van der Waals surface area (Å²) in [6, 6.07) is 19.8. The lowest BCUT2D eigenvalue weighted by molar-refractivity contribution is 0.0933. The minimum atomic E-state index is -0.214. The average molecular weight is 478 g/mol. The quantitative estimate of drug-likeness (QED) is 0.323. The lowest BCUT2D eigenvalue weighted by atomic mass is 10.1. The Kier molecular flexibility index (Phi) is 6.37. The maximum Gasteiger partial charge on any atom is 0.270 e. The van der Waals surface area contributed by atoms with Crippen LogP contribution < -0.4 is 10.6 Å². The Morgan fingerprint density at radius 1 is 1.13 bits per heavy atom. The molecule has 0 aliphatic heterocycles. The van der Waals surface area contributed by atoms with Crippen LogP contribution in [0.2, 0.25) is 0 Å².